The van der Waals surface area contributed by atoms with Crippen molar-refractivity contribution in [1.29, 1.82) is 0 Å². The fraction of sp³-hybridized carbons (Fsp3) is 0.947. The number of esters is 1. The summed E-state index contributed by atoms with van der Waals surface area (Å²) in [6.45, 7) is 6.66. The summed E-state index contributed by atoms with van der Waals surface area (Å²) in [7, 11) is 0. The molecule has 4 bridgehead atoms. The van der Waals surface area contributed by atoms with E-state index in [-0.39, 0.29) is 15.2 Å². The van der Waals surface area contributed by atoms with E-state index in [2.05, 4.69) is 50.4 Å². The molecule has 8 unspecified atom stereocenters. The Bertz CT molecular complexity index is 662. The quantitative estimate of drug-likeness (QED) is 0.102. The summed E-state index contributed by atoms with van der Waals surface area (Å²) < 4.78 is 13.1. The van der Waals surface area contributed by atoms with Crippen LogP contribution in [0.2, 0.25) is 0 Å². The molecule has 4 saturated carbocycles. The number of carbonyl (C=O) groups is 1. The topological polar surface area (TPSA) is 70.2 Å². The van der Waals surface area contributed by atoms with Gasteiger partial charge in [0.05, 0.1) is 0 Å². The molecule has 0 radical (unpaired) electrons. The van der Waals surface area contributed by atoms with Gasteiger partial charge in [0.2, 0.25) is 0 Å². The van der Waals surface area contributed by atoms with Crippen LogP contribution in [0.15, 0.2) is 0 Å². The number of hydrogen-bond donors (Lipinski definition) is 2. The third-order valence-corrected chi connectivity index (χ3v) is 15.9. The first-order valence-electron chi connectivity index (χ1n) is 9.98. The predicted molar refractivity (Wildman–Crippen MR) is 113 cm³/mol. The van der Waals surface area contributed by atoms with Gasteiger partial charge in [-0.3, -0.25) is 0 Å². The Labute approximate surface area is 171 Å². The second-order valence-corrected chi connectivity index (χ2v) is 16.4. The number of alkyl halides is 2. The average molecular weight is 570 g/mol. The van der Waals surface area contributed by atoms with Crippen molar-refractivity contribution in [2.75, 3.05) is 0 Å². The van der Waals surface area contributed by atoms with Gasteiger partial charge in [-0.2, -0.15) is 0 Å². The SMILES string of the molecule is CC(C)C1(OC(=O)C(C)(I)C23NI2N3)CC2CC1C1C3CCC(C3)C21. The molecule has 6 heteroatoms. The molecular weight excluding hydrogens is 542 g/mol. The summed E-state index contributed by atoms with van der Waals surface area (Å²) in [6, 6.07) is 0. The molecule has 2 N–H and O–H groups in total. The number of carbonyl (C=O) groups excluding carboxylic acids is 1. The number of ether oxygens (including phenoxy) is 1. The minimum atomic E-state index is -1.15. The van der Waals surface area contributed by atoms with Crippen LogP contribution in [0.3, 0.4) is 0 Å². The Hall–Kier alpha value is 0.850. The molecular formula is C19H28I2N2O2. The van der Waals surface area contributed by atoms with Gasteiger partial charge in [-0.15, -0.1) is 0 Å². The van der Waals surface area contributed by atoms with Crippen LogP contribution < -0.4 is 7.06 Å². The first-order valence-corrected chi connectivity index (χ1v) is 14.3. The maximum absolute atomic E-state index is 13.3. The molecule has 0 aromatic carbocycles. The Kier molecular flexibility index (Phi) is 3.27. The predicted octanol–water partition coefficient (Wildman–Crippen LogP) is 4.02. The van der Waals surface area contributed by atoms with Crippen LogP contribution >= 0.6 is 43.0 Å². The van der Waals surface area contributed by atoms with E-state index in [4.69, 9.17) is 4.74 Å². The molecule has 4 nitrogen and oxygen atoms in total. The molecule has 6 aliphatic rings. The van der Waals surface area contributed by atoms with Crippen LogP contribution in [0.4, 0.5) is 0 Å². The molecule has 0 aromatic rings. The van der Waals surface area contributed by atoms with Crippen molar-refractivity contribution in [2.45, 2.75) is 65.6 Å². The molecule has 2 aliphatic heterocycles. The zero-order chi connectivity index (χ0) is 17.4. The van der Waals surface area contributed by atoms with E-state index in [1.165, 1.54) is 25.7 Å². The van der Waals surface area contributed by atoms with Gasteiger partial charge in [0.25, 0.3) is 0 Å². The second-order valence-electron chi connectivity index (χ2n) is 9.93. The molecule has 2 heterocycles. The zero-order valence-electron chi connectivity index (χ0n) is 15.1. The first-order chi connectivity index (χ1) is 11.8. The summed E-state index contributed by atoms with van der Waals surface area (Å²) in [6.07, 6.45) is 6.84. The van der Waals surface area contributed by atoms with E-state index in [9.17, 15) is 4.79 Å². The van der Waals surface area contributed by atoms with Crippen LogP contribution in [0.5, 0.6) is 0 Å². The van der Waals surface area contributed by atoms with Crippen molar-refractivity contribution < 1.29 is 9.53 Å². The van der Waals surface area contributed by atoms with Crippen LogP contribution in [0.25, 0.3) is 0 Å². The number of nitrogens with one attached hydrogen (secondary N) is 2. The minimum absolute atomic E-state index is 0.0285. The van der Waals surface area contributed by atoms with E-state index in [0.717, 1.165) is 36.0 Å². The van der Waals surface area contributed by atoms with E-state index in [0.29, 0.717) is 11.8 Å². The number of halogens is 2. The molecule has 140 valence electrons. The Balaban J connectivity index is 1.30. The van der Waals surface area contributed by atoms with Crippen molar-refractivity contribution >= 4 is 48.9 Å². The van der Waals surface area contributed by atoms with Gasteiger partial charge in [0, 0.05) is 0 Å². The van der Waals surface area contributed by atoms with Crippen molar-refractivity contribution in [1.82, 2.24) is 7.06 Å². The van der Waals surface area contributed by atoms with Gasteiger partial charge < -0.3 is 0 Å². The number of fused-ring (bicyclic) bond motifs is 10. The van der Waals surface area contributed by atoms with E-state index in [1.54, 1.807) is 0 Å². The molecule has 0 amide bonds. The normalized spacial score (nSPS) is 53.6. The second kappa shape index (κ2) is 4.87. The fourth-order valence-corrected chi connectivity index (χ4v) is 15.3. The van der Waals surface area contributed by atoms with Gasteiger partial charge >= 0.3 is 173 Å². The standard InChI is InChI=1S/C19H28I2N2O2/c1-9(2)18(25-16(24)17(3,20)19-21(22-19)23-19)8-12-7-13(18)15-11-5-4-10(6-11)14(12)15/h9-15,22-23H,4-8H2,1-3H3. The molecule has 2 saturated heterocycles. The van der Waals surface area contributed by atoms with Crippen molar-refractivity contribution in [2.24, 2.45) is 41.4 Å². The van der Waals surface area contributed by atoms with Crippen LogP contribution in [0, 0.1) is 41.4 Å². The van der Waals surface area contributed by atoms with Crippen molar-refractivity contribution in [3.8, 4) is 0 Å². The molecule has 0 spiro atoms. The molecule has 8 atom stereocenters. The van der Waals surface area contributed by atoms with Crippen LogP contribution in [-0.2, 0) is 9.53 Å². The van der Waals surface area contributed by atoms with Gasteiger partial charge in [-0.1, -0.05) is 0 Å². The summed E-state index contributed by atoms with van der Waals surface area (Å²) in [5.74, 6) is 5.65. The van der Waals surface area contributed by atoms with Crippen molar-refractivity contribution in [3.63, 3.8) is 0 Å². The van der Waals surface area contributed by atoms with E-state index >= 15 is 0 Å². The molecule has 4 aliphatic carbocycles. The Morgan fingerprint density at radius 1 is 1.20 bits per heavy atom. The van der Waals surface area contributed by atoms with E-state index in [1.807, 2.05) is 0 Å². The summed E-state index contributed by atoms with van der Waals surface area (Å²) in [4.78, 5) is 13.3. The van der Waals surface area contributed by atoms with Gasteiger partial charge in [0.1, 0.15) is 0 Å². The van der Waals surface area contributed by atoms with Crippen molar-refractivity contribution in [3.05, 3.63) is 0 Å². The molecule has 25 heavy (non-hydrogen) atoms. The maximum atomic E-state index is 13.3. The van der Waals surface area contributed by atoms with Gasteiger partial charge in [0.15, 0.2) is 0 Å². The fourth-order valence-electron chi connectivity index (χ4n) is 7.51. The monoisotopic (exact) mass is 570 g/mol. The zero-order valence-corrected chi connectivity index (χ0v) is 19.5. The number of hydrogen-bond acceptors (Lipinski definition) is 4. The molecule has 6 rings (SSSR count). The van der Waals surface area contributed by atoms with E-state index < -0.39 is 23.8 Å². The van der Waals surface area contributed by atoms with Crippen LogP contribution in [0.1, 0.15) is 52.9 Å². The Morgan fingerprint density at radius 3 is 2.44 bits per heavy atom. The average Bonchev–Trinajstić information content (AvgIpc) is 3.12. The molecule has 6 fully saturated rings. The summed E-state index contributed by atoms with van der Waals surface area (Å²) in [5, 5.41) is 0. The number of rotatable bonds is 4. The molecule has 0 aromatic heterocycles. The van der Waals surface area contributed by atoms with Gasteiger partial charge in [-0.05, 0) is 0 Å². The summed E-state index contributed by atoms with van der Waals surface area (Å²) in [5.41, 5.74) is -0.195. The van der Waals surface area contributed by atoms with Crippen LogP contribution in [-0.4, -0.2) is 18.7 Å². The van der Waals surface area contributed by atoms with Gasteiger partial charge in [-0.25, -0.2) is 0 Å². The summed E-state index contributed by atoms with van der Waals surface area (Å²) >= 11 is 1.20. The third kappa shape index (κ3) is 1.89. The first kappa shape index (κ1) is 16.8. The Morgan fingerprint density at radius 2 is 1.84 bits per heavy atom. The third-order valence-electron chi connectivity index (χ3n) is 8.77.